The van der Waals surface area contributed by atoms with Gasteiger partial charge in [0.25, 0.3) is 0 Å². The van der Waals surface area contributed by atoms with E-state index in [-0.39, 0.29) is 17.5 Å². The topological polar surface area (TPSA) is 26.3 Å². The van der Waals surface area contributed by atoms with Crippen LogP contribution in [-0.4, -0.2) is 5.97 Å². The Morgan fingerprint density at radius 2 is 1.76 bits per heavy atom. The van der Waals surface area contributed by atoms with Crippen LogP contribution in [-0.2, 0) is 9.53 Å². The van der Waals surface area contributed by atoms with E-state index in [1.807, 2.05) is 30.3 Å². The van der Waals surface area contributed by atoms with E-state index in [2.05, 4.69) is 27.4 Å². The first-order valence-electron chi connectivity index (χ1n) is 5.74. The number of ether oxygens (including phenoxy) is 1. The second-order valence-corrected chi connectivity index (χ2v) is 5.34. The Bertz CT molecular complexity index is 399. The molecule has 0 radical (unpaired) electrons. The maximum atomic E-state index is 11.7. The molecule has 0 spiro atoms. The van der Waals surface area contributed by atoms with Crippen LogP contribution >= 0.6 is 0 Å². The van der Waals surface area contributed by atoms with Crippen LogP contribution in [0.3, 0.4) is 0 Å². The minimum atomic E-state index is -0.339. The van der Waals surface area contributed by atoms with E-state index in [4.69, 9.17) is 4.74 Å². The average Bonchev–Trinajstić information content (AvgIpc) is 2.25. The molecule has 2 heteroatoms. The van der Waals surface area contributed by atoms with E-state index in [1.165, 1.54) is 0 Å². The summed E-state index contributed by atoms with van der Waals surface area (Å²) in [5.41, 5.74) is 1.29. The Labute approximate surface area is 103 Å². The van der Waals surface area contributed by atoms with Gasteiger partial charge >= 0.3 is 5.97 Å². The second kappa shape index (κ2) is 5.17. The fraction of sp³-hybridized carbons (Fsp3) is 0.400. The van der Waals surface area contributed by atoms with Crippen LogP contribution < -0.4 is 0 Å². The van der Waals surface area contributed by atoms with Gasteiger partial charge in [0.15, 0.2) is 0 Å². The first kappa shape index (κ1) is 13.5. The van der Waals surface area contributed by atoms with Crippen LogP contribution in [0.15, 0.2) is 42.5 Å². The normalized spacial score (nSPS) is 12.9. The number of hydrogen-bond acceptors (Lipinski definition) is 2. The smallest absolute Gasteiger partial charge is 0.333 e. The molecule has 0 amide bonds. The molecule has 0 aliphatic rings. The van der Waals surface area contributed by atoms with Crippen molar-refractivity contribution >= 4 is 5.97 Å². The summed E-state index contributed by atoms with van der Waals surface area (Å²) in [5.74, 6) is -0.339. The predicted molar refractivity (Wildman–Crippen MR) is 69.5 cm³/mol. The maximum absolute atomic E-state index is 11.7. The van der Waals surface area contributed by atoms with Crippen molar-refractivity contribution < 1.29 is 9.53 Å². The van der Waals surface area contributed by atoms with Crippen molar-refractivity contribution in [3.8, 4) is 0 Å². The third kappa shape index (κ3) is 3.74. The molecule has 0 aromatic heterocycles. The quantitative estimate of drug-likeness (QED) is 0.583. The van der Waals surface area contributed by atoms with E-state index >= 15 is 0 Å². The molecule has 0 aliphatic carbocycles. The SMILES string of the molecule is C=C(C)C(=O)OC(c1ccccc1)C(C)(C)C. The highest BCUT2D eigenvalue weighted by molar-refractivity contribution is 5.87. The number of carbonyl (C=O) groups is 1. The lowest BCUT2D eigenvalue weighted by Gasteiger charge is -2.30. The highest BCUT2D eigenvalue weighted by Crippen LogP contribution is 2.36. The average molecular weight is 232 g/mol. The van der Waals surface area contributed by atoms with Gasteiger partial charge in [-0.3, -0.25) is 0 Å². The lowest BCUT2D eigenvalue weighted by Crippen LogP contribution is -2.24. The van der Waals surface area contributed by atoms with Gasteiger partial charge in [0, 0.05) is 11.0 Å². The van der Waals surface area contributed by atoms with Crippen molar-refractivity contribution in [3.05, 3.63) is 48.0 Å². The Morgan fingerprint density at radius 3 is 2.18 bits per heavy atom. The number of benzene rings is 1. The molecule has 1 unspecified atom stereocenters. The highest BCUT2D eigenvalue weighted by atomic mass is 16.5. The largest absolute Gasteiger partial charge is 0.454 e. The van der Waals surface area contributed by atoms with Crippen LogP contribution in [0.25, 0.3) is 0 Å². The number of hydrogen-bond donors (Lipinski definition) is 0. The summed E-state index contributed by atoms with van der Waals surface area (Å²) in [4.78, 5) is 11.7. The Balaban J connectivity index is 2.98. The predicted octanol–water partition coefficient (Wildman–Crippen LogP) is 3.89. The second-order valence-electron chi connectivity index (χ2n) is 5.34. The Kier molecular flexibility index (Phi) is 4.11. The van der Waals surface area contributed by atoms with Gasteiger partial charge in [0.2, 0.25) is 0 Å². The van der Waals surface area contributed by atoms with E-state index in [0.29, 0.717) is 5.57 Å². The Hall–Kier alpha value is -1.57. The molecule has 92 valence electrons. The van der Waals surface area contributed by atoms with E-state index in [9.17, 15) is 4.79 Å². The van der Waals surface area contributed by atoms with E-state index in [1.54, 1.807) is 6.92 Å². The van der Waals surface area contributed by atoms with Crippen molar-refractivity contribution in [2.24, 2.45) is 5.41 Å². The summed E-state index contributed by atoms with van der Waals surface area (Å²) in [6.07, 6.45) is -0.257. The molecule has 17 heavy (non-hydrogen) atoms. The minimum absolute atomic E-state index is 0.146. The van der Waals surface area contributed by atoms with Gasteiger partial charge in [-0.1, -0.05) is 57.7 Å². The lowest BCUT2D eigenvalue weighted by molar-refractivity contribution is -0.150. The molecule has 0 fully saturated rings. The maximum Gasteiger partial charge on any atom is 0.333 e. The van der Waals surface area contributed by atoms with Gasteiger partial charge in [-0.2, -0.15) is 0 Å². The van der Waals surface area contributed by atoms with Crippen LogP contribution in [0.2, 0.25) is 0 Å². The molecule has 0 heterocycles. The number of esters is 1. The number of rotatable bonds is 3. The molecule has 1 aromatic rings. The fourth-order valence-electron chi connectivity index (χ4n) is 1.58. The zero-order chi connectivity index (χ0) is 13.1. The zero-order valence-corrected chi connectivity index (χ0v) is 11.0. The fourth-order valence-corrected chi connectivity index (χ4v) is 1.58. The van der Waals surface area contributed by atoms with Gasteiger partial charge in [-0.15, -0.1) is 0 Å². The summed E-state index contributed by atoms with van der Waals surface area (Å²) >= 11 is 0. The van der Waals surface area contributed by atoms with Crippen molar-refractivity contribution in [1.82, 2.24) is 0 Å². The molecule has 0 aliphatic heterocycles. The van der Waals surface area contributed by atoms with Crippen molar-refractivity contribution in [2.45, 2.75) is 33.8 Å². The summed E-state index contributed by atoms with van der Waals surface area (Å²) in [6, 6.07) is 9.79. The first-order chi connectivity index (χ1) is 7.82. The first-order valence-corrected chi connectivity index (χ1v) is 5.74. The van der Waals surface area contributed by atoms with Gasteiger partial charge in [-0.25, -0.2) is 4.79 Å². The standard InChI is InChI=1S/C15H20O2/c1-11(2)14(16)17-13(15(3,4)5)12-9-7-6-8-10-12/h6-10,13H,1H2,2-5H3. The summed E-state index contributed by atoms with van der Waals surface area (Å²) in [5, 5.41) is 0. The van der Waals surface area contributed by atoms with Crippen LogP contribution in [0.1, 0.15) is 39.4 Å². The molecular formula is C15H20O2. The van der Waals surface area contributed by atoms with Crippen LogP contribution in [0.4, 0.5) is 0 Å². The molecule has 1 aromatic carbocycles. The Morgan fingerprint density at radius 1 is 1.24 bits per heavy atom. The van der Waals surface area contributed by atoms with Crippen molar-refractivity contribution in [2.75, 3.05) is 0 Å². The summed E-state index contributed by atoms with van der Waals surface area (Å²) in [7, 11) is 0. The van der Waals surface area contributed by atoms with Gasteiger partial charge in [0.1, 0.15) is 6.10 Å². The van der Waals surface area contributed by atoms with Crippen molar-refractivity contribution in [3.63, 3.8) is 0 Å². The van der Waals surface area contributed by atoms with Gasteiger partial charge in [-0.05, 0) is 12.5 Å². The van der Waals surface area contributed by atoms with E-state index in [0.717, 1.165) is 5.56 Å². The molecular weight excluding hydrogens is 212 g/mol. The van der Waals surface area contributed by atoms with Gasteiger partial charge in [0.05, 0.1) is 0 Å². The molecule has 0 saturated carbocycles. The van der Waals surface area contributed by atoms with Crippen LogP contribution in [0.5, 0.6) is 0 Å². The molecule has 0 N–H and O–H groups in total. The third-order valence-corrected chi connectivity index (χ3v) is 2.46. The van der Waals surface area contributed by atoms with Crippen LogP contribution in [0, 0.1) is 5.41 Å². The molecule has 1 atom stereocenters. The zero-order valence-electron chi connectivity index (χ0n) is 11.0. The molecule has 2 nitrogen and oxygen atoms in total. The monoisotopic (exact) mass is 232 g/mol. The van der Waals surface area contributed by atoms with Gasteiger partial charge < -0.3 is 4.74 Å². The summed E-state index contributed by atoms with van der Waals surface area (Å²) < 4.78 is 5.52. The molecule has 1 rings (SSSR count). The number of carbonyl (C=O) groups excluding carboxylic acids is 1. The van der Waals surface area contributed by atoms with Crippen molar-refractivity contribution in [1.29, 1.82) is 0 Å². The third-order valence-electron chi connectivity index (χ3n) is 2.46. The summed E-state index contributed by atoms with van der Waals surface area (Å²) in [6.45, 7) is 11.4. The highest BCUT2D eigenvalue weighted by Gasteiger charge is 2.29. The molecule has 0 saturated heterocycles. The lowest BCUT2D eigenvalue weighted by atomic mass is 9.84. The minimum Gasteiger partial charge on any atom is -0.454 e. The molecule has 0 bridgehead atoms. The van der Waals surface area contributed by atoms with E-state index < -0.39 is 0 Å².